The Morgan fingerprint density at radius 1 is 1.18 bits per heavy atom. The molecule has 1 N–H and O–H groups in total. The molecule has 0 radical (unpaired) electrons. The lowest BCUT2D eigenvalue weighted by Gasteiger charge is -2.13. The average Bonchev–Trinajstić information content (AvgIpc) is 3.08. The Balaban J connectivity index is 2.11. The number of rotatable bonds is 6. The van der Waals surface area contributed by atoms with Crippen LogP contribution in [0.1, 0.15) is 28.1 Å². The van der Waals surface area contributed by atoms with E-state index in [2.05, 4.69) is 42.5 Å². The van der Waals surface area contributed by atoms with Gasteiger partial charge in [0, 0.05) is 5.56 Å². The molecule has 0 unspecified atom stereocenters. The third-order valence-electron chi connectivity index (χ3n) is 4.73. The van der Waals surface area contributed by atoms with Crippen LogP contribution in [0.4, 0.5) is 0 Å². The Morgan fingerprint density at radius 2 is 1.93 bits per heavy atom. The van der Waals surface area contributed by atoms with Crippen LogP contribution in [0, 0.1) is 25.2 Å². The number of aromatic amines is 1. The molecule has 142 valence electrons. The summed E-state index contributed by atoms with van der Waals surface area (Å²) in [6, 6.07) is 10.1. The molecule has 28 heavy (non-hydrogen) atoms. The largest absolute Gasteiger partial charge is 0.493 e. The zero-order valence-electron chi connectivity index (χ0n) is 16.6. The van der Waals surface area contributed by atoms with E-state index in [4.69, 9.17) is 9.47 Å². The fourth-order valence-electron chi connectivity index (χ4n) is 3.17. The highest BCUT2D eigenvalue weighted by Gasteiger charge is 2.13. The van der Waals surface area contributed by atoms with Crippen molar-refractivity contribution < 1.29 is 9.47 Å². The first-order valence-corrected chi connectivity index (χ1v) is 8.95. The molecule has 5 heteroatoms. The topological polar surface area (TPSA) is 70.9 Å². The summed E-state index contributed by atoms with van der Waals surface area (Å²) in [4.78, 5) is 7.85. The highest BCUT2D eigenvalue weighted by Crippen LogP contribution is 2.34. The summed E-state index contributed by atoms with van der Waals surface area (Å²) in [6.07, 6.45) is 4.23. The molecule has 0 aliphatic heterocycles. The van der Waals surface area contributed by atoms with Crippen LogP contribution in [-0.4, -0.2) is 24.2 Å². The number of nitriles is 1. The number of allylic oxidation sites excluding steroid dienone is 2. The quantitative estimate of drug-likeness (QED) is 0.488. The normalized spacial score (nSPS) is 11.3. The number of nitrogens with one attached hydrogen (secondary N) is 1. The van der Waals surface area contributed by atoms with Crippen molar-refractivity contribution in [3.05, 3.63) is 65.0 Å². The van der Waals surface area contributed by atoms with Gasteiger partial charge in [-0.1, -0.05) is 6.08 Å². The minimum atomic E-state index is 0.447. The number of nitrogens with zero attached hydrogens (tertiary/aromatic N) is 2. The van der Waals surface area contributed by atoms with Gasteiger partial charge in [0.05, 0.1) is 30.8 Å². The summed E-state index contributed by atoms with van der Waals surface area (Å²) < 4.78 is 10.9. The van der Waals surface area contributed by atoms with E-state index in [1.54, 1.807) is 26.4 Å². The molecule has 1 heterocycles. The second kappa shape index (κ2) is 8.01. The van der Waals surface area contributed by atoms with Crippen LogP contribution in [0.15, 0.2) is 36.9 Å². The predicted molar refractivity (Wildman–Crippen MR) is 112 cm³/mol. The number of hydrogen-bond acceptors (Lipinski definition) is 4. The Morgan fingerprint density at radius 3 is 2.57 bits per heavy atom. The second-order valence-corrected chi connectivity index (χ2v) is 6.62. The first kappa shape index (κ1) is 19.2. The molecular weight excluding hydrogens is 350 g/mol. The molecule has 0 spiro atoms. The number of H-pyrrole nitrogens is 1. The summed E-state index contributed by atoms with van der Waals surface area (Å²) in [7, 11) is 3.21. The number of methoxy groups -OCH3 is 2. The standard InChI is InChI=1S/C23H23N3O2/c1-6-7-17-10-16(12-21(27-4)22(17)28-5)11-18(13-24)23-25-19-8-14(2)15(3)9-20(19)26-23/h6,8-12H,1,7H2,2-5H3,(H,25,26)/b18-11-. The Bertz CT molecular complexity index is 1080. The second-order valence-electron chi connectivity index (χ2n) is 6.62. The minimum absolute atomic E-state index is 0.447. The van der Waals surface area contributed by atoms with Gasteiger partial charge in [0.1, 0.15) is 11.9 Å². The Hall–Kier alpha value is -3.52. The van der Waals surface area contributed by atoms with Crippen LogP contribution in [-0.2, 0) is 6.42 Å². The first-order chi connectivity index (χ1) is 13.5. The van der Waals surface area contributed by atoms with E-state index in [9.17, 15) is 5.26 Å². The number of ether oxygens (including phenoxy) is 2. The van der Waals surface area contributed by atoms with Gasteiger partial charge >= 0.3 is 0 Å². The molecule has 0 fully saturated rings. The predicted octanol–water partition coefficient (Wildman–Crippen LogP) is 4.99. The van der Waals surface area contributed by atoms with Crippen LogP contribution in [0.2, 0.25) is 0 Å². The molecule has 0 bridgehead atoms. The van der Waals surface area contributed by atoms with Gasteiger partial charge in [-0.3, -0.25) is 0 Å². The fourth-order valence-corrected chi connectivity index (χ4v) is 3.17. The van der Waals surface area contributed by atoms with Gasteiger partial charge in [-0.25, -0.2) is 4.98 Å². The molecular formula is C23H23N3O2. The zero-order valence-corrected chi connectivity index (χ0v) is 16.6. The van der Waals surface area contributed by atoms with Crippen molar-refractivity contribution in [2.45, 2.75) is 20.3 Å². The average molecular weight is 373 g/mol. The van der Waals surface area contributed by atoms with E-state index in [1.165, 1.54) is 11.1 Å². The number of aromatic nitrogens is 2. The smallest absolute Gasteiger partial charge is 0.164 e. The SMILES string of the molecule is C=CCc1cc(/C=C(/C#N)c2nc3cc(C)c(C)cc3[nH]2)cc(OC)c1OC. The fraction of sp³-hybridized carbons (Fsp3) is 0.217. The highest BCUT2D eigenvalue weighted by atomic mass is 16.5. The van der Waals surface area contributed by atoms with Crippen LogP contribution in [0.5, 0.6) is 11.5 Å². The lowest BCUT2D eigenvalue weighted by atomic mass is 10.0. The third kappa shape index (κ3) is 3.63. The molecule has 0 atom stereocenters. The molecule has 0 amide bonds. The summed E-state index contributed by atoms with van der Waals surface area (Å²) in [5, 5.41) is 9.72. The number of benzene rings is 2. The first-order valence-electron chi connectivity index (χ1n) is 8.95. The van der Waals surface area contributed by atoms with Gasteiger partial charge in [-0.15, -0.1) is 6.58 Å². The maximum absolute atomic E-state index is 9.72. The lowest BCUT2D eigenvalue weighted by Crippen LogP contribution is -1.97. The summed E-state index contributed by atoms with van der Waals surface area (Å²) >= 11 is 0. The van der Waals surface area contributed by atoms with Gasteiger partial charge in [-0.2, -0.15) is 5.26 Å². The van der Waals surface area contributed by atoms with Crippen LogP contribution in [0.3, 0.4) is 0 Å². The Labute approximate surface area is 164 Å². The van der Waals surface area contributed by atoms with Gasteiger partial charge in [0.2, 0.25) is 0 Å². The van der Waals surface area contributed by atoms with E-state index >= 15 is 0 Å². The van der Waals surface area contributed by atoms with Crippen molar-refractivity contribution in [3.63, 3.8) is 0 Å². The van der Waals surface area contributed by atoms with E-state index in [0.29, 0.717) is 29.3 Å². The summed E-state index contributed by atoms with van der Waals surface area (Å²) in [6.45, 7) is 7.91. The maximum Gasteiger partial charge on any atom is 0.164 e. The molecule has 2 aromatic carbocycles. The number of aryl methyl sites for hydroxylation is 2. The maximum atomic E-state index is 9.72. The van der Waals surface area contributed by atoms with E-state index in [1.807, 2.05) is 18.2 Å². The van der Waals surface area contributed by atoms with Crippen molar-refractivity contribution in [3.8, 4) is 17.6 Å². The van der Waals surface area contributed by atoms with Gasteiger partial charge in [0.15, 0.2) is 11.5 Å². The zero-order chi connectivity index (χ0) is 20.3. The van der Waals surface area contributed by atoms with Gasteiger partial charge < -0.3 is 14.5 Å². The van der Waals surface area contributed by atoms with Gasteiger partial charge in [-0.05, 0) is 67.3 Å². The minimum Gasteiger partial charge on any atom is -0.493 e. The van der Waals surface area contributed by atoms with E-state index < -0.39 is 0 Å². The highest BCUT2D eigenvalue weighted by molar-refractivity contribution is 5.91. The molecule has 1 aromatic heterocycles. The molecule has 0 aliphatic rings. The molecule has 3 aromatic rings. The molecule has 0 saturated heterocycles. The van der Waals surface area contributed by atoms with Crippen molar-refractivity contribution in [1.82, 2.24) is 9.97 Å². The van der Waals surface area contributed by atoms with Crippen molar-refractivity contribution >= 4 is 22.7 Å². The third-order valence-corrected chi connectivity index (χ3v) is 4.73. The molecule has 0 saturated carbocycles. The lowest BCUT2D eigenvalue weighted by molar-refractivity contribution is 0.352. The molecule has 0 aliphatic carbocycles. The number of hydrogen-bond donors (Lipinski definition) is 1. The van der Waals surface area contributed by atoms with Crippen LogP contribution >= 0.6 is 0 Å². The Kier molecular flexibility index (Phi) is 5.51. The monoisotopic (exact) mass is 373 g/mol. The number of imidazole rings is 1. The number of fused-ring (bicyclic) bond motifs is 1. The van der Waals surface area contributed by atoms with Crippen molar-refractivity contribution in [2.24, 2.45) is 0 Å². The summed E-state index contributed by atoms with van der Waals surface area (Å²) in [5.41, 5.74) is 6.33. The molecule has 3 rings (SSSR count). The van der Waals surface area contributed by atoms with Gasteiger partial charge in [0.25, 0.3) is 0 Å². The molecule has 5 nitrogen and oxygen atoms in total. The van der Waals surface area contributed by atoms with E-state index in [0.717, 1.165) is 22.2 Å². The summed E-state index contributed by atoms with van der Waals surface area (Å²) in [5.74, 6) is 1.83. The van der Waals surface area contributed by atoms with Crippen molar-refractivity contribution in [2.75, 3.05) is 14.2 Å². The van der Waals surface area contributed by atoms with Crippen molar-refractivity contribution in [1.29, 1.82) is 5.26 Å². The van der Waals surface area contributed by atoms with E-state index in [-0.39, 0.29) is 0 Å². The van der Waals surface area contributed by atoms with Crippen LogP contribution < -0.4 is 9.47 Å². The van der Waals surface area contributed by atoms with Crippen LogP contribution in [0.25, 0.3) is 22.7 Å².